The van der Waals surface area contributed by atoms with Crippen LogP contribution in [0.4, 0.5) is 5.82 Å². The van der Waals surface area contributed by atoms with Gasteiger partial charge in [0.05, 0.1) is 7.11 Å². The number of rotatable bonds is 5. The van der Waals surface area contributed by atoms with Crippen molar-refractivity contribution in [3.8, 4) is 5.88 Å². The zero-order chi connectivity index (χ0) is 11.9. The van der Waals surface area contributed by atoms with Crippen LogP contribution in [0.1, 0.15) is 38.5 Å². The first-order valence-electron chi connectivity index (χ1n) is 6.48. The summed E-state index contributed by atoms with van der Waals surface area (Å²) in [4.78, 5) is 8.15. The molecule has 1 N–H and O–H groups in total. The van der Waals surface area contributed by atoms with Crippen LogP contribution < -0.4 is 10.1 Å². The minimum Gasteiger partial charge on any atom is -0.481 e. The van der Waals surface area contributed by atoms with E-state index in [0.29, 0.717) is 5.88 Å². The summed E-state index contributed by atoms with van der Waals surface area (Å²) in [6, 6.07) is 1.83. The van der Waals surface area contributed by atoms with Gasteiger partial charge in [-0.15, -0.1) is 0 Å². The molecule has 17 heavy (non-hydrogen) atoms. The van der Waals surface area contributed by atoms with Crippen LogP contribution in [0.2, 0.25) is 0 Å². The van der Waals surface area contributed by atoms with Gasteiger partial charge in [0.1, 0.15) is 12.1 Å². The molecule has 1 aliphatic carbocycles. The molecule has 0 saturated heterocycles. The molecule has 0 amide bonds. The molecule has 2 rings (SSSR count). The second kappa shape index (κ2) is 6.42. The topological polar surface area (TPSA) is 47.0 Å². The highest BCUT2D eigenvalue weighted by Crippen LogP contribution is 2.26. The fourth-order valence-corrected chi connectivity index (χ4v) is 2.43. The Morgan fingerprint density at radius 3 is 2.88 bits per heavy atom. The Kier molecular flexibility index (Phi) is 4.59. The molecular weight excluding hydrogens is 214 g/mol. The number of ether oxygens (including phenoxy) is 1. The van der Waals surface area contributed by atoms with Crippen LogP contribution in [-0.2, 0) is 0 Å². The minimum absolute atomic E-state index is 0.611. The van der Waals surface area contributed by atoms with Gasteiger partial charge in [0, 0.05) is 12.6 Å². The molecule has 94 valence electrons. The summed E-state index contributed by atoms with van der Waals surface area (Å²) in [5.74, 6) is 2.37. The van der Waals surface area contributed by atoms with Gasteiger partial charge in [0.15, 0.2) is 0 Å². The quantitative estimate of drug-likeness (QED) is 0.852. The Bertz CT molecular complexity index is 337. The van der Waals surface area contributed by atoms with Crippen molar-refractivity contribution in [1.82, 2.24) is 9.97 Å². The Morgan fingerprint density at radius 2 is 2.12 bits per heavy atom. The number of nitrogens with zero attached hydrogens (tertiary/aromatic N) is 2. The van der Waals surface area contributed by atoms with E-state index in [2.05, 4.69) is 15.3 Å². The third-order valence-corrected chi connectivity index (χ3v) is 3.43. The van der Waals surface area contributed by atoms with Crippen LogP contribution in [0.5, 0.6) is 5.88 Å². The number of anilines is 1. The first-order chi connectivity index (χ1) is 8.38. The summed E-state index contributed by atoms with van der Waals surface area (Å²) in [6.07, 6.45) is 9.81. The van der Waals surface area contributed by atoms with E-state index in [9.17, 15) is 0 Å². The average molecular weight is 235 g/mol. The van der Waals surface area contributed by atoms with E-state index in [1.165, 1.54) is 44.9 Å². The lowest BCUT2D eigenvalue weighted by Gasteiger charge is -2.21. The van der Waals surface area contributed by atoms with E-state index >= 15 is 0 Å². The summed E-state index contributed by atoms with van der Waals surface area (Å²) in [5, 5.41) is 3.34. The van der Waals surface area contributed by atoms with Crippen LogP contribution in [0.3, 0.4) is 0 Å². The van der Waals surface area contributed by atoms with Gasteiger partial charge in [-0.3, -0.25) is 0 Å². The molecule has 1 heterocycles. The summed E-state index contributed by atoms with van der Waals surface area (Å²) in [6.45, 7) is 0.991. The summed E-state index contributed by atoms with van der Waals surface area (Å²) >= 11 is 0. The molecule has 0 atom stereocenters. The molecule has 0 radical (unpaired) electrons. The second-order valence-electron chi connectivity index (χ2n) is 4.67. The van der Waals surface area contributed by atoms with Crippen LogP contribution >= 0.6 is 0 Å². The first-order valence-corrected chi connectivity index (χ1v) is 6.48. The Morgan fingerprint density at radius 1 is 1.29 bits per heavy atom. The Hall–Kier alpha value is -1.32. The van der Waals surface area contributed by atoms with Crippen LogP contribution in [-0.4, -0.2) is 23.6 Å². The van der Waals surface area contributed by atoms with Crippen molar-refractivity contribution in [2.75, 3.05) is 19.0 Å². The normalized spacial score (nSPS) is 16.8. The van der Waals surface area contributed by atoms with Crippen molar-refractivity contribution >= 4 is 5.82 Å². The minimum atomic E-state index is 0.611. The molecule has 0 aromatic carbocycles. The number of methoxy groups -OCH3 is 1. The van der Waals surface area contributed by atoms with E-state index in [1.54, 1.807) is 7.11 Å². The highest BCUT2D eigenvalue weighted by Gasteiger charge is 2.12. The Balaban J connectivity index is 1.73. The van der Waals surface area contributed by atoms with Gasteiger partial charge in [-0.05, 0) is 12.3 Å². The van der Waals surface area contributed by atoms with Crippen LogP contribution in [0.15, 0.2) is 12.4 Å². The van der Waals surface area contributed by atoms with Gasteiger partial charge >= 0.3 is 0 Å². The zero-order valence-electron chi connectivity index (χ0n) is 10.5. The smallest absolute Gasteiger partial charge is 0.218 e. The molecule has 1 aromatic rings. The number of aromatic nitrogens is 2. The van der Waals surface area contributed by atoms with Crippen molar-refractivity contribution in [3.05, 3.63) is 12.4 Å². The highest BCUT2D eigenvalue weighted by molar-refractivity contribution is 5.36. The standard InChI is InChI=1S/C13H21N3O/c1-17-13-9-12(15-10-16-13)14-8-7-11-5-3-2-4-6-11/h9-11H,2-8H2,1H3,(H,14,15,16). The molecule has 1 aromatic heterocycles. The van der Waals surface area contributed by atoms with E-state index in [1.807, 2.05) is 6.07 Å². The van der Waals surface area contributed by atoms with Crippen molar-refractivity contribution in [2.24, 2.45) is 5.92 Å². The lowest BCUT2D eigenvalue weighted by atomic mass is 9.87. The maximum Gasteiger partial charge on any atom is 0.218 e. The fourth-order valence-electron chi connectivity index (χ4n) is 2.43. The van der Waals surface area contributed by atoms with E-state index in [4.69, 9.17) is 4.74 Å². The predicted octanol–water partition coefficient (Wildman–Crippen LogP) is 2.87. The summed E-state index contributed by atoms with van der Waals surface area (Å²) in [5.41, 5.74) is 0. The van der Waals surface area contributed by atoms with E-state index in [-0.39, 0.29) is 0 Å². The number of hydrogen-bond donors (Lipinski definition) is 1. The van der Waals surface area contributed by atoms with E-state index in [0.717, 1.165) is 18.3 Å². The van der Waals surface area contributed by atoms with E-state index < -0.39 is 0 Å². The van der Waals surface area contributed by atoms with Gasteiger partial charge in [-0.25, -0.2) is 9.97 Å². The van der Waals surface area contributed by atoms with Crippen molar-refractivity contribution in [1.29, 1.82) is 0 Å². The van der Waals surface area contributed by atoms with Crippen molar-refractivity contribution in [2.45, 2.75) is 38.5 Å². The molecule has 4 heteroatoms. The Labute approximate surface area is 103 Å². The molecular formula is C13H21N3O. The summed E-state index contributed by atoms with van der Waals surface area (Å²) in [7, 11) is 1.62. The van der Waals surface area contributed by atoms with Crippen molar-refractivity contribution in [3.63, 3.8) is 0 Å². The molecule has 1 saturated carbocycles. The monoisotopic (exact) mass is 235 g/mol. The molecule has 0 aliphatic heterocycles. The first kappa shape index (κ1) is 12.1. The molecule has 1 aliphatic rings. The second-order valence-corrected chi connectivity index (χ2v) is 4.67. The third kappa shape index (κ3) is 3.88. The van der Waals surface area contributed by atoms with Gasteiger partial charge in [-0.1, -0.05) is 32.1 Å². The van der Waals surface area contributed by atoms with Gasteiger partial charge < -0.3 is 10.1 Å². The van der Waals surface area contributed by atoms with Crippen LogP contribution in [0, 0.1) is 5.92 Å². The average Bonchev–Trinajstić information content (AvgIpc) is 2.40. The molecule has 4 nitrogen and oxygen atoms in total. The molecule has 1 fully saturated rings. The third-order valence-electron chi connectivity index (χ3n) is 3.43. The lowest BCUT2D eigenvalue weighted by Crippen LogP contribution is -2.12. The van der Waals surface area contributed by atoms with Crippen molar-refractivity contribution < 1.29 is 4.74 Å². The zero-order valence-corrected chi connectivity index (χ0v) is 10.5. The largest absolute Gasteiger partial charge is 0.481 e. The number of hydrogen-bond acceptors (Lipinski definition) is 4. The fraction of sp³-hybridized carbons (Fsp3) is 0.692. The maximum absolute atomic E-state index is 5.06. The molecule has 0 bridgehead atoms. The SMILES string of the molecule is COc1cc(NCCC2CCCCC2)ncn1. The molecule has 0 unspecified atom stereocenters. The summed E-state index contributed by atoms with van der Waals surface area (Å²) < 4.78 is 5.06. The van der Waals surface area contributed by atoms with Gasteiger partial charge in [0.2, 0.25) is 5.88 Å². The lowest BCUT2D eigenvalue weighted by molar-refractivity contribution is 0.345. The number of nitrogens with one attached hydrogen (secondary N) is 1. The molecule has 0 spiro atoms. The maximum atomic E-state index is 5.06. The highest BCUT2D eigenvalue weighted by atomic mass is 16.5. The van der Waals surface area contributed by atoms with Gasteiger partial charge in [-0.2, -0.15) is 0 Å². The van der Waals surface area contributed by atoms with Gasteiger partial charge in [0.25, 0.3) is 0 Å². The van der Waals surface area contributed by atoms with Crippen LogP contribution in [0.25, 0.3) is 0 Å². The predicted molar refractivity (Wildman–Crippen MR) is 68.3 cm³/mol.